The molecule has 0 atom stereocenters. The molecule has 0 fully saturated rings. The molecule has 0 saturated carbocycles. The molecule has 0 N–H and O–H groups in total. The van der Waals surface area contributed by atoms with Crippen LogP contribution in [0.5, 0.6) is 0 Å². The van der Waals surface area contributed by atoms with Crippen LogP contribution in [-0.4, -0.2) is 26.9 Å². The molecule has 0 aliphatic carbocycles. The number of benzene rings is 1. The first-order chi connectivity index (χ1) is 8.55. The maximum Gasteiger partial charge on any atom is 0.351 e. The van der Waals surface area contributed by atoms with Crippen molar-refractivity contribution in [2.24, 2.45) is 0 Å². The molecule has 0 heterocycles. The zero-order valence-corrected chi connectivity index (χ0v) is 15.8. The Morgan fingerprint density at radius 3 is 1.79 bits per heavy atom. The van der Waals surface area contributed by atoms with Crippen molar-refractivity contribution in [3.8, 4) is 0 Å². The molecule has 0 amide bonds. The molecule has 0 unspecified atom stereocenters. The van der Waals surface area contributed by atoms with Crippen LogP contribution in [0.15, 0.2) is 36.9 Å². The first-order valence-corrected chi connectivity index (χ1v) is 14.1. The van der Waals surface area contributed by atoms with Crippen LogP contribution in [0.1, 0.15) is 5.56 Å². The molecular weight excluding hydrogens is 285 g/mol. The summed E-state index contributed by atoms with van der Waals surface area (Å²) in [7, 11) is -2.96. The second-order valence-electron chi connectivity index (χ2n) is 6.94. The van der Waals surface area contributed by atoms with Gasteiger partial charge in [0, 0.05) is 0 Å². The van der Waals surface area contributed by atoms with Crippen LogP contribution in [0, 0.1) is 0 Å². The summed E-state index contributed by atoms with van der Waals surface area (Å²) in [6.45, 7) is 18.4. The molecule has 0 aliphatic heterocycles. The van der Waals surface area contributed by atoms with Gasteiger partial charge in [-0.3, -0.25) is 0 Å². The van der Waals surface area contributed by atoms with Crippen molar-refractivity contribution in [3.63, 3.8) is 0 Å². The Morgan fingerprint density at radius 1 is 1.00 bits per heavy atom. The van der Waals surface area contributed by atoms with Crippen LogP contribution in [0.25, 0.3) is 5.47 Å². The Balaban J connectivity index is 3.09. The summed E-state index contributed by atoms with van der Waals surface area (Å²) in [6, 6.07) is 10.3. The van der Waals surface area contributed by atoms with Gasteiger partial charge in [-0.1, -0.05) is 69.6 Å². The predicted molar refractivity (Wildman–Crippen MR) is 95.6 cm³/mol. The first-order valence-electron chi connectivity index (χ1n) is 6.73. The maximum atomic E-state index is 6.80. The molecule has 0 bridgehead atoms. The van der Waals surface area contributed by atoms with Crippen molar-refractivity contribution in [1.29, 1.82) is 0 Å². The summed E-state index contributed by atoms with van der Waals surface area (Å²) in [5, 5.41) is 0. The Labute approximate surface area is 125 Å². The van der Waals surface area contributed by atoms with Gasteiger partial charge in [-0.05, 0) is 11.0 Å². The van der Waals surface area contributed by atoms with Crippen molar-refractivity contribution in [3.05, 3.63) is 42.5 Å². The first kappa shape index (κ1) is 16.8. The minimum absolute atomic E-state index is 0.0965. The highest BCUT2D eigenvalue weighted by atomic mass is 35.5. The lowest BCUT2D eigenvalue weighted by Crippen LogP contribution is -2.64. The lowest BCUT2D eigenvalue weighted by molar-refractivity contribution is 0.954. The second-order valence-corrected chi connectivity index (χ2v) is 17.4. The molecule has 1 rings (SSSR count). The van der Waals surface area contributed by atoms with Gasteiger partial charge in [0.1, 0.15) is 16.5 Å². The zero-order valence-electron chi connectivity index (χ0n) is 13.0. The Hall–Kier alpha value is -0.291. The highest BCUT2D eigenvalue weighted by Gasteiger charge is 2.41. The Kier molecular flexibility index (Phi) is 5.29. The van der Waals surface area contributed by atoms with E-state index in [0.29, 0.717) is 0 Å². The van der Waals surface area contributed by atoms with Gasteiger partial charge in [-0.25, -0.2) is 0 Å². The second kappa shape index (κ2) is 6.00. The highest BCUT2D eigenvalue weighted by Crippen LogP contribution is 2.29. The van der Waals surface area contributed by atoms with E-state index in [-0.39, 0.29) is 6.26 Å². The minimum atomic E-state index is -1.48. The molecule has 0 aliphatic rings. The summed E-state index contributed by atoms with van der Waals surface area (Å²) in [6.07, 6.45) is -0.0965. The maximum absolute atomic E-state index is 6.80. The van der Waals surface area contributed by atoms with Gasteiger partial charge < -0.3 is 4.14 Å². The fourth-order valence-corrected chi connectivity index (χ4v) is 14.2. The van der Waals surface area contributed by atoms with Gasteiger partial charge in [0.15, 0.2) is 0 Å². The van der Waals surface area contributed by atoms with Crippen LogP contribution in [0.4, 0.5) is 0 Å². The van der Waals surface area contributed by atoms with Crippen molar-refractivity contribution >= 4 is 39.7 Å². The summed E-state index contributed by atoms with van der Waals surface area (Å²) in [5.74, 6) is 0. The van der Waals surface area contributed by atoms with E-state index in [1.807, 2.05) is 18.2 Å². The standard InChI is InChI=1S/C14H25BClNSi2/c1-13(14-11-9-8-10-12-14)15(16)17(18(2,3)4)19(5,6)7/h8-12H,1H2,2-7H3. The van der Waals surface area contributed by atoms with Crippen LogP contribution in [0.2, 0.25) is 39.3 Å². The largest absolute Gasteiger partial charge is 0.370 e. The van der Waals surface area contributed by atoms with Crippen molar-refractivity contribution in [2.75, 3.05) is 0 Å². The number of hydrogen-bond donors (Lipinski definition) is 0. The van der Waals surface area contributed by atoms with E-state index in [4.69, 9.17) is 11.5 Å². The molecule has 19 heavy (non-hydrogen) atoms. The number of nitrogens with zero attached hydrogens (tertiary/aromatic N) is 1. The lowest BCUT2D eigenvalue weighted by Gasteiger charge is -2.46. The van der Waals surface area contributed by atoms with E-state index in [1.54, 1.807) is 0 Å². The minimum Gasteiger partial charge on any atom is -0.370 e. The van der Waals surface area contributed by atoms with E-state index in [2.05, 4.69) is 62.1 Å². The monoisotopic (exact) mass is 309 g/mol. The summed E-state index contributed by atoms with van der Waals surface area (Å²) < 4.78 is 2.58. The number of rotatable bonds is 5. The molecule has 1 aromatic carbocycles. The van der Waals surface area contributed by atoms with E-state index in [0.717, 1.165) is 11.0 Å². The molecule has 0 aromatic heterocycles. The molecule has 1 aromatic rings. The lowest BCUT2D eigenvalue weighted by atomic mass is 9.78. The van der Waals surface area contributed by atoms with E-state index in [1.165, 1.54) is 0 Å². The van der Waals surface area contributed by atoms with E-state index < -0.39 is 16.5 Å². The molecule has 0 spiro atoms. The van der Waals surface area contributed by atoms with Gasteiger partial charge in [0.2, 0.25) is 0 Å². The fourth-order valence-electron chi connectivity index (χ4n) is 2.63. The van der Waals surface area contributed by atoms with Crippen molar-refractivity contribution in [2.45, 2.75) is 39.3 Å². The molecule has 5 heteroatoms. The van der Waals surface area contributed by atoms with E-state index in [9.17, 15) is 0 Å². The van der Waals surface area contributed by atoms with Crippen molar-refractivity contribution in [1.82, 2.24) is 4.14 Å². The van der Waals surface area contributed by atoms with Crippen LogP contribution >= 0.6 is 11.5 Å². The smallest absolute Gasteiger partial charge is 0.351 e. The van der Waals surface area contributed by atoms with Gasteiger partial charge in [-0.2, -0.15) is 11.5 Å². The molecule has 0 saturated heterocycles. The molecular formula is C14H25BClNSi2. The number of halogens is 1. The molecule has 104 valence electrons. The summed E-state index contributed by atoms with van der Waals surface area (Å²) in [5.41, 5.74) is 2.16. The van der Waals surface area contributed by atoms with Crippen LogP contribution < -0.4 is 0 Å². The predicted octanol–water partition coefficient (Wildman–Crippen LogP) is 4.94. The Morgan fingerprint density at radius 2 is 1.42 bits per heavy atom. The average molecular weight is 310 g/mol. The normalized spacial score (nSPS) is 12.6. The summed E-state index contributed by atoms with van der Waals surface area (Å²) in [4.78, 5) is 0. The van der Waals surface area contributed by atoms with Crippen LogP contribution in [0.3, 0.4) is 0 Å². The van der Waals surface area contributed by atoms with Gasteiger partial charge >= 0.3 is 6.26 Å². The number of hydrogen-bond acceptors (Lipinski definition) is 1. The van der Waals surface area contributed by atoms with Gasteiger partial charge in [0.05, 0.1) is 0 Å². The third-order valence-corrected chi connectivity index (χ3v) is 11.3. The molecule has 0 radical (unpaired) electrons. The highest BCUT2D eigenvalue weighted by molar-refractivity contribution is 7.23. The van der Waals surface area contributed by atoms with Crippen molar-refractivity contribution < 1.29 is 0 Å². The third-order valence-electron chi connectivity index (χ3n) is 3.10. The fraction of sp³-hybridized carbons (Fsp3) is 0.429. The summed E-state index contributed by atoms with van der Waals surface area (Å²) >= 11 is 6.80. The third kappa shape index (κ3) is 4.35. The van der Waals surface area contributed by atoms with Crippen LogP contribution in [-0.2, 0) is 0 Å². The quantitative estimate of drug-likeness (QED) is 0.696. The Bertz CT molecular complexity index is 423. The van der Waals surface area contributed by atoms with Gasteiger partial charge in [-0.15, -0.1) is 6.58 Å². The molecule has 1 nitrogen and oxygen atoms in total. The SMILES string of the molecule is C=C(B(Cl)N([Si](C)(C)C)[Si](C)(C)C)c1ccccc1. The van der Waals surface area contributed by atoms with E-state index >= 15 is 0 Å². The average Bonchev–Trinajstić information content (AvgIpc) is 2.25. The van der Waals surface area contributed by atoms with Gasteiger partial charge in [0.25, 0.3) is 0 Å². The zero-order chi connectivity index (χ0) is 14.8. The topological polar surface area (TPSA) is 3.24 Å².